The van der Waals surface area contributed by atoms with Gasteiger partial charge < -0.3 is 10.1 Å². The second kappa shape index (κ2) is 5.65. The van der Waals surface area contributed by atoms with Crippen molar-refractivity contribution in [3.05, 3.63) is 35.4 Å². The van der Waals surface area contributed by atoms with Crippen molar-refractivity contribution in [3.8, 4) is 0 Å². The molecule has 17 heavy (non-hydrogen) atoms. The van der Waals surface area contributed by atoms with Gasteiger partial charge >= 0.3 is 0 Å². The van der Waals surface area contributed by atoms with Crippen LogP contribution in [0.2, 0.25) is 0 Å². The summed E-state index contributed by atoms with van der Waals surface area (Å²) in [5.41, 5.74) is 2.69. The molecule has 2 rings (SSSR count). The lowest BCUT2D eigenvalue weighted by molar-refractivity contribution is 0.0116. The van der Waals surface area contributed by atoms with Crippen molar-refractivity contribution in [2.75, 3.05) is 6.61 Å². The fourth-order valence-corrected chi connectivity index (χ4v) is 2.45. The van der Waals surface area contributed by atoms with Crippen LogP contribution in [0.4, 0.5) is 0 Å². The molecule has 0 radical (unpaired) electrons. The summed E-state index contributed by atoms with van der Waals surface area (Å²) < 4.78 is 5.57. The van der Waals surface area contributed by atoms with Gasteiger partial charge in [0.25, 0.3) is 0 Å². The minimum Gasteiger partial charge on any atom is -0.378 e. The Bertz CT molecular complexity index is 346. The zero-order chi connectivity index (χ0) is 12.3. The number of nitrogens with one attached hydrogen (secondary N) is 1. The van der Waals surface area contributed by atoms with Crippen molar-refractivity contribution in [2.45, 2.75) is 51.8 Å². The van der Waals surface area contributed by atoms with E-state index in [4.69, 9.17) is 4.74 Å². The van der Waals surface area contributed by atoms with E-state index in [1.54, 1.807) is 0 Å². The summed E-state index contributed by atoms with van der Waals surface area (Å²) in [4.78, 5) is 0. The molecule has 0 amide bonds. The smallest absolute Gasteiger partial charge is 0.0561 e. The van der Waals surface area contributed by atoms with Gasteiger partial charge in [-0.05, 0) is 39.2 Å². The molecule has 94 valence electrons. The molecule has 2 nitrogen and oxygen atoms in total. The zero-order valence-electron chi connectivity index (χ0n) is 11.1. The summed E-state index contributed by atoms with van der Waals surface area (Å²) in [6.45, 7) is 7.41. The first-order chi connectivity index (χ1) is 8.15. The molecule has 1 aliphatic heterocycles. The minimum atomic E-state index is 0.395. The fraction of sp³-hybridized carbons (Fsp3) is 0.600. The maximum Gasteiger partial charge on any atom is 0.0561 e. The highest BCUT2D eigenvalue weighted by Gasteiger charge is 2.20. The van der Waals surface area contributed by atoms with Crippen LogP contribution in [0, 0.1) is 6.92 Å². The molecule has 1 aromatic carbocycles. The molecular weight excluding hydrogens is 210 g/mol. The van der Waals surface area contributed by atoms with E-state index in [-0.39, 0.29) is 0 Å². The average Bonchev–Trinajstić information content (AvgIpc) is 2.29. The number of aryl methyl sites for hydroxylation is 1. The molecule has 0 saturated carbocycles. The molecule has 3 unspecified atom stereocenters. The normalized spacial score (nSPS) is 26.8. The van der Waals surface area contributed by atoms with Crippen LogP contribution in [0.15, 0.2) is 24.3 Å². The summed E-state index contributed by atoms with van der Waals surface area (Å²) in [6.07, 6.45) is 2.64. The van der Waals surface area contributed by atoms with Crippen LogP contribution in [0.5, 0.6) is 0 Å². The Balaban J connectivity index is 1.91. The van der Waals surface area contributed by atoms with Gasteiger partial charge in [-0.15, -0.1) is 0 Å². The van der Waals surface area contributed by atoms with E-state index in [0.717, 1.165) is 19.4 Å². The SMILES string of the molecule is Cc1ccc(C(C)NC2CCOC(C)C2)cc1. The number of rotatable bonds is 3. The fourth-order valence-electron chi connectivity index (χ4n) is 2.45. The Labute approximate surface area is 104 Å². The van der Waals surface area contributed by atoms with E-state index in [2.05, 4.69) is 50.4 Å². The van der Waals surface area contributed by atoms with Crippen molar-refractivity contribution in [1.29, 1.82) is 0 Å². The topological polar surface area (TPSA) is 21.3 Å². The van der Waals surface area contributed by atoms with Crippen molar-refractivity contribution in [1.82, 2.24) is 5.32 Å². The number of benzene rings is 1. The third-order valence-electron chi connectivity index (χ3n) is 3.55. The third-order valence-corrected chi connectivity index (χ3v) is 3.55. The number of ether oxygens (including phenoxy) is 1. The molecule has 3 atom stereocenters. The highest BCUT2D eigenvalue weighted by atomic mass is 16.5. The van der Waals surface area contributed by atoms with Gasteiger partial charge in [-0.2, -0.15) is 0 Å². The second-order valence-electron chi connectivity index (χ2n) is 5.20. The van der Waals surface area contributed by atoms with Crippen LogP contribution in [-0.4, -0.2) is 18.8 Å². The van der Waals surface area contributed by atoms with Crippen molar-refractivity contribution in [2.24, 2.45) is 0 Å². The van der Waals surface area contributed by atoms with Crippen LogP contribution in [-0.2, 0) is 4.74 Å². The minimum absolute atomic E-state index is 0.395. The Morgan fingerprint density at radius 1 is 1.29 bits per heavy atom. The van der Waals surface area contributed by atoms with Crippen LogP contribution in [0.3, 0.4) is 0 Å². The van der Waals surface area contributed by atoms with E-state index >= 15 is 0 Å². The largest absolute Gasteiger partial charge is 0.378 e. The predicted octanol–water partition coefficient (Wildman–Crippen LogP) is 3.21. The van der Waals surface area contributed by atoms with E-state index in [1.807, 2.05) is 0 Å². The highest BCUT2D eigenvalue weighted by Crippen LogP contribution is 2.19. The van der Waals surface area contributed by atoms with Crippen molar-refractivity contribution in [3.63, 3.8) is 0 Å². The Morgan fingerprint density at radius 3 is 2.65 bits per heavy atom. The summed E-state index contributed by atoms with van der Waals surface area (Å²) in [5, 5.41) is 3.70. The molecule has 1 aliphatic rings. The molecule has 0 bridgehead atoms. The predicted molar refractivity (Wildman–Crippen MR) is 71.2 cm³/mol. The molecule has 1 aromatic rings. The summed E-state index contributed by atoms with van der Waals surface area (Å²) in [5.74, 6) is 0. The Hall–Kier alpha value is -0.860. The quantitative estimate of drug-likeness (QED) is 0.865. The molecule has 2 heteroatoms. The zero-order valence-corrected chi connectivity index (χ0v) is 11.1. The van der Waals surface area contributed by atoms with Crippen molar-refractivity contribution < 1.29 is 4.74 Å². The Morgan fingerprint density at radius 2 is 2.00 bits per heavy atom. The Kier molecular flexibility index (Phi) is 4.19. The van der Waals surface area contributed by atoms with Crippen LogP contribution >= 0.6 is 0 Å². The first kappa shape index (κ1) is 12.6. The first-order valence-corrected chi connectivity index (χ1v) is 6.59. The maximum absolute atomic E-state index is 5.57. The maximum atomic E-state index is 5.57. The molecule has 0 spiro atoms. The van der Waals surface area contributed by atoms with E-state index in [1.165, 1.54) is 11.1 Å². The molecule has 1 fully saturated rings. The van der Waals surface area contributed by atoms with Crippen LogP contribution < -0.4 is 5.32 Å². The number of hydrogen-bond acceptors (Lipinski definition) is 2. The summed E-state index contributed by atoms with van der Waals surface area (Å²) in [6, 6.07) is 9.81. The summed E-state index contributed by atoms with van der Waals surface area (Å²) in [7, 11) is 0. The average molecular weight is 233 g/mol. The lowest BCUT2D eigenvalue weighted by atomic mass is 10.0. The van der Waals surface area contributed by atoms with Crippen LogP contribution in [0.25, 0.3) is 0 Å². The van der Waals surface area contributed by atoms with E-state index in [0.29, 0.717) is 18.2 Å². The molecule has 0 aliphatic carbocycles. The van der Waals surface area contributed by atoms with Crippen LogP contribution in [0.1, 0.15) is 43.9 Å². The first-order valence-electron chi connectivity index (χ1n) is 6.59. The third kappa shape index (κ3) is 3.55. The van der Waals surface area contributed by atoms with Gasteiger partial charge in [0, 0.05) is 18.7 Å². The highest BCUT2D eigenvalue weighted by molar-refractivity contribution is 5.23. The van der Waals surface area contributed by atoms with Crippen molar-refractivity contribution >= 4 is 0 Å². The van der Waals surface area contributed by atoms with Gasteiger partial charge in [0.1, 0.15) is 0 Å². The summed E-state index contributed by atoms with van der Waals surface area (Å²) >= 11 is 0. The molecule has 0 aromatic heterocycles. The van der Waals surface area contributed by atoms with Gasteiger partial charge in [0.05, 0.1) is 6.10 Å². The van der Waals surface area contributed by atoms with Gasteiger partial charge in [0.15, 0.2) is 0 Å². The van der Waals surface area contributed by atoms with Gasteiger partial charge in [-0.3, -0.25) is 0 Å². The molecule has 1 N–H and O–H groups in total. The molecular formula is C15H23NO. The van der Waals surface area contributed by atoms with Gasteiger partial charge in [-0.1, -0.05) is 29.8 Å². The standard InChI is InChI=1S/C15H23NO/c1-11-4-6-14(7-5-11)13(3)16-15-8-9-17-12(2)10-15/h4-7,12-13,15-16H,8-10H2,1-3H3. The van der Waals surface area contributed by atoms with Gasteiger partial charge in [-0.25, -0.2) is 0 Å². The number of hydrogen-bond donors (Lipinski definition) is 1. The lowest BCUT2D eigenvalue weighted by Crippen LogP contribution is -2.39. The molecule has 1 heterocycles. The lowest BCUT2D eigenvalue weighted by Gasteiger charge is -2.30. The second-order valence-corrected chi connectivity index (χ2v) is 5.20. The molecule has 1 saturated heterocycles. The monoisotopic (exact) mass is 233 g/mol. The van der Waals surface area contributed by atoms with E-state index < -0.39 is 0 Å². The van der Waals surface area contributed by atoms with Gasteiger partial charge in [0.2, 0.25) is 0 Å². The van der Waals surface area contributed by atoms with E-state index in [9.17, 15) is 0 Å².